The minimum absolute atomic E-state index is 0.103. The van der Waals surface area contributed by atoms with Crippen molar-refractivity contribution in [3.05, 3.63) is 48.0 Å². The number of amides is 2. The van der Waals surface area contributed by atoms with Crippen LogP contribution in [-0.4, -0.2) is 31.2 Å². The van der Waals surface area contributed by atoms with Gasteiger partial charge in [-0.2, -0.15) is 0 Å². The molecule has 0 saturated carbocycles. The van der Waals surface area contributed by atoms with E-state index in [2.05, 4.69) is 24.5 Å². The fourth-order valence-corrected chi connectivity index (χ4v) is 5.40. The molecule has 2 amide bonds. The predicted octanol–water partition coefficient (Wildman–Crippen LogP) is 4.44. The molecule has 0 aromatic heterocycles. The Bertz CT molecular complexity index is 1050. The highest BCUT2D eigenvalue weighted by atomic mass is 32.2. The van der Waals surface area contributed by atoms with Crippen molar-refractivity contribution in [1.29, 1.82) is 0 Å². The highest BCUT2D eigenvalue weighted by Crippen LogP contribution is 2.38. The summed E-state index contributed by atoms with van der Waals surface area (Å²) in [5.41, 5.74) is 2.31. The lowest BCUT2D eigenvalue weighted by Gasteiger charge is -2.23. The Morgan fingerprint density at radius 3 is 2.50 bits per heavy atom. The minimum Gasteiger partial charge on any atom is -0.326 e. The van der Waals surface area contributed by atoms with E-state index in [-0.39, 0.29) is 34.1 Å². The van der Waals surface area contributed by atoms with Crippen LogP contribution < -0.4 is 10.6 Å². The quantitative estimate of drug-likeness (QED) is 0.656. The molecule has 0 spiro atoms. The summed E-state index contributed by atoms with van der Waals surface area (Å²) in [4.78, 5) is 25.2. The molecule has 0 radical (unpaired) electrons. The van der Waals surface area contributed by atoms with Gasteiger partial charge in [-0.15, -0.1) is 11.8 Å². The third-order valence-electron chi connectivity index (χ3n) is 4.96. The van der Waals surface area contributed by atoms with Gasteiger partial charge in [0, 0.05) is 17.0 Å². The Morgan fingerprint density at radius 2 is 1.87 bits per heavy atom. The average molecular weight is 447 g/mol. The van der Waals surface area contributed by atoms with E-state index >= 15 is 0 Å². The summed E-state index contributed by atoms with van der Waals surface area (Å²) < 4.78 is 25.4. The number of rotatable bonds is 7. The number of hydrogen-bond acceptors (Lipinski definition) is 5. The zero-order valence-corrected chi connectivity index (χ0v) is 18.9. The number of anilines is 2. The SMILES string of the molecule is CC[C@@H]1Sc2ccc(S(=O)(=O)CCC(=O)Nc3ccc(C(C)C)cc3)cc2NC1=O. The fourth-order valence-electron chi connectivity index (χ4n) is 3.11. The van der Waals surface area contributed by atoms with Crippen LogP contribution in [0.5, 0.6) is 0 Å². The number of fused-ring (bicyclic) bond motifs is 1. The fraction of sp³-hybridized carbons (Fsp3) is 0.364. The summed E-state index contributed by atoms with van der Waals surface area (Å²) in [5.74, 6) is -0.385. The summed E-state index contributed by atoms with van der Waals surface area (Å²) in [6.45, 7) is 6.11. The second-order valence-corrected chi connectivity index (χ2v) is 10.9. The van der Waals surface area contributed by atoms with Crippen molar-refractivity contribution in [3.63, 3.8) is 0 Å². The van der Waals surface area contributed by atoms with Gasteiger partial charge in [0.05, 0.1) is 21.6 Å². The topological polar surface area (TPSA) is 92.3 Å². The van der Waals surface area contributed by atoms with Crippen LogP contribution in [0.3, 0.4) is 0 Å². The zero-order chi connectivity index (χ0) is 21.9. The smallest absolute Gasteiger partial charge is 0.237 e. The number of benzene rings is 2. The van der Waals surface area contributed by atoms with E-state index in [9.17, 15) is 18.0 Å². The molecular formula is C22H26N2O4S2. The van der Waals surface area contributed by atoms with Crippen LogP contribution in [0.4, 0.5) is 11.4 Å². The third kappa shape index (κ3) is 5.23. The molecule has 1 aliphatic rings. The standard InChI is InChI=1S/C22H26N2O4S2/c1-4-19-22(26)24-18-13-17(9-10-20(18)29-19)30(27,28)12-11-21(25)23-16-7-5-15(6-8-16)14(2)3/h5-10,13-14,19H,4,11-12H2,1-3H3,(H,23,25)(H,24,26)/t19-/m0/s1. The Kier molecular flexibility index (Phi) is 6.88. The molecule has 0 saturated heterocycles. The van der Waals surface area contributed by atoms with Crippen molar-refractivity contribution in [2.75, 3.05) is 16.4 Å². The van der Waals surface area contributed by atoms with Gasteiger partial charge in [-0.25, -0.2) is 8.42 Å². The van der Waals surface area contributed by atoms with Gasteiger partial charge in [0.2, 0.25) is 11.8 Å². The molecule has 0 unspecified atom stereocenters. The first-order valence-corrected chi connectivity index (χ1v) is 12.5. The maximum absolute atomic E-state index is 12.7. The number of hydrogen-bond donors (Lipinski definition) is 2. The van der Waals surface area contributed by atoms with Crippen molar-refractivity contribution < 1.29 is 18.0 Å². The maximum Gasteiger partial charge on any atom is 0.237 e. The number of carbonyl (C=O) groups is 2. The average Bonchev–Trinajstić information content (AvgIpc) is 2.71. The Labute approximate surface area is 181 Å². The van der Waals surface area contributed by atoms with Gasteiger partial charge in [-0.1, -0.05) is 32.9 Å². The van der Waals surface area contributed by atoms with E-state index < -0.39 is 9.84 Å². The lowest BCUT2D eigenvalue weighted by Crippen LogP contribution is -2.28. The molecule has 0 fully saturated rings. The van der Waals surface area contributed by atoms with Crippen LogP contribution >= 0.6 is 11.8 Å². The number of carbonyl (C=O) groups excluding carboxylic acids is 2. The normalized spacial score (nSPS) is 16.1. The van der Waals surface area contributed by atoms with E-state index in [0.29, 0.717) is 23.7 Å². The first-order chi connectivity index (χ1) is 14.2. The lowest BCUT2D eigenvalue weighted by molar-refractivity contribution is -0.116. The lowest BCUT2D eigenvalue weighted by atomic mass is 10.0. The molecule has 1 atom stereocenters. The third-order valence-corrected chi connectivity index (χ3v) is 8.12. The van der Waals surface area contributed by atoms with Gasteiger partial charge in [-0.3, -0.25) is 9.59 Å². The van der Waals surface area contributed by atoms with E-state index in [1.807, 2.05) is 31.2 Å². The van der Waals surface area contributed by atoms with Crippen LogP contribution in [-0.2, 0) is 19.4 Å². The first kappa shape index (κ1) is 22.4. The molecule has 2 aromatic carbocycles. The molecule has 3 rings (SSSR count). The number of sulfone groups is 1. The summed E-state index contributed by atoms with van der Waals surface area (Å²) in [7, 11) is -3.66. The van der Waals surface area contributed by atoms with Crippen LogP contribution in [0.2, 0.25) is 0 Å². The van der Waals surface area contributed by atoms with Crippen molar-refractivity contribution in [2.24, 2.45) is 0 Å². The number of nitrogens with one attached hydrogen (secondary N) is 2. The summed E-state index contributed by atoms with van der Waals surface area (Å²) >= 11 is 1.44. The van der Waals surface area contributed by atoms with E-state index in [1.54, 1.807) is 6.07 Å². The Morgan fingerprint density at radius 1 is 1.17 bits per heavy atom. The molecular weight excluding hydrogens is 420 g/mol. The van der Waals surface area contributed by atoms with Crippen LogP contribution in [0.15, 0.2) is 52.3 Å². The van der Waals surface area contributed by atoms with E-state index in [4.69, 9.17) is 0 Å². The van der Waals surface area contributed by atoms with Crippen molar-refractivity contribution in [1.82, 2.24) is 0 Å². The van der Waals surface area contributed by atoms with Crippen molar-refractivity contribution in [2.45, 2.75) is 54.6 Å². The zero-order valence-electron chi connectivity index (χ0n) is 17.3. The van der Waals surface area contributed by atoms with Gasteiger partial charge >= 0.3 is 0 Å². The molecule has 0 bridgehead atoms. The molecule has 1 heterocycles. The Balaban J connectivity index is 1.63. The largest absolute Gasteiger partial charge is 0.326 e. The van der Waals surface area contributed by atoms with Gasteiger partial charge in [-0.05, 0) is 48.2 Å². The van der Waals surface area contributed by atoms with Gasteiger partial charge < -0.3 is 10.6 Å². The second-order valence-electron chi connectivity index (χ2n) is 7.56. The second kappa shape index (κ2) is 9.22. The first-order valence-electron chi connectivity index (χ1n) is 9.93. The molecule has 2 aromatic rings. The van der Waals surface area contributed by atoms with Gasteiger partial charge in [0.1, 0.15) is 0 Å². The molecule has 2 N–H and O–H groups in total. The van der Waals surface area contributed by atoms with E-state index in [1.165, 1.54) is 29.5 Å². The van der Waals surface area contributed by atoms with Crippen LogP contribution in [0, 0.1) is 0 Å². The number of thioether (sulfide) groups is 1. The van der Waals surface area contributed by atoms with Crippen LogP contribution in [0.1, 0.15) is 45.1 Å². The molecule has 6 nitrogen and oxygen atoms in total. The monoisotopic (exact) mass is 446 g/mol. The van der Waals surface area contributed by atoms with Gasteiger partial charge in [0.25, 0.3) is 0 Å². The summed E-state index contributed by atoms with van der Waals surface area (Å²) in [5, 5.41) is 5.35. The minimum atomic E-state index is -3.66. The maximum atomic E-state index is 12.7. The molecule has 0 aliphatic carbocycles. The van der Waals surface area contributed by atoms with Crippen molar-refractivity contribution in [3.8, 4) is 0 Å². The van der Waals surface area contributed by atoms with Crippen molar-refractivity contribution >= 4 is 44.8 Å². The van der Waals surface area contributed by atoms with Gasteiger partial charge in [0.15, 0.2) is 9.84 Å². The molecule has 160 valence electrons. The predicted molar refractivity (Wildman–Crippen MR) is 121 cm³/mol. The Hall–Kier alpha value is -2.32. The van der Waals surface area contributed by atoms with Crippen LogP contribution in [0.25, 0.3) is 0 Å². The highest BCUT2D eigenvalue weighted by Gasteiger charge is 2.27. The molecule has 30 heavy (non-hydrogen) atoms. The van der Waals surface area contributed by atoms with E-state index in [0.717, 1.165) is 4.90 Å². The molecule has 8 heteroatoms. The highest BCUT2D eigenvalue weighted by molar-refractivity contribution is 8.01. The summed E-state index contributed by atoms with van der Waals surface area (Å²) in [6.07, 6.45) is 0.551. The summed E-state index contributed by atoms with van der Waals surface area (Å²) in [6, 6.07) is 12.2. The molecule has 1 aliphatic heterocycles.